The second-order valence-electron chi connectivity index (χ2n) is 4.58. The zero-order valence-corrected chi connectivity index (χ0v) is 14.6. The van der Waals surface area contributed by atoms with Crippen molar-refractivity contribution >= 4 is 45.5 Å². The molecular weight excluding hydrogens is 322 g/mol. The van der Waals surface area contributed by atoms with E-state index in [1.165, 1.54) is 23.3 Å². The minimum Gasteiger partial charge on any atom is -0.465 e. The Morgan fingerprint density at radius 2 is 2.09 bits per heavy atom. The molecule has 0 fully saturated rings. The van der Waals surface area contributed by atoms with E-state index in [1.807, 2.05) is 0 Å². The van der Waals surface area contributed by atoms with Crippen LogP contribution in [0.3, 0.4) is 0 Å². The SMILES string of the molecule is C=CCNC(=S)Nc1sc(C(=O)N(C)C)c(C)c1C(=O)OC. The summed E-state index contributed by atoms with van der Waals surface area (Å²) in [6.45, 7) is 5.79. The van der Waals surface area contributed by atoms with Gasteiger partial charge in [-0.1, -0.05) is 6.08 Å². The molecule has 2 N–H and O–H groups in total. The van der Waals surface area contributed by atoms with Gasteiger partial charge in [0.15, 0.2) is 5.11 Å². The molecule has 120 valence electrons. The van der Waals surface area contributed by atoms with Crippen LogP contribution in [0, 0.1) is 6.92 Å². The van der Waals surface area contributed by atoms with Gasteiger partial charge in [-0.25, -0.2) is 4.79 Å². The third kappa shape index (κ3) is 4.05. The number of anilines is 1. The van der Waals surface area contributed by atoms with Crippen molar-refractivity contribution in [1.82, 2.24) is 10.2 Å². The van der Waals surface area contributed by atoms with Crippen molar-refractivity contribution in [1.29, 1.82) is 0 Å². The van der Waals surface area contributed by atoms with E-state index in [4.69, 9.17) is 17.0 Å². The average Bonchev–Trinajstić information content (AvgIpc) is 2.79. The van der Waals surface area contributed by atoms with Gasteiger partial charge < -0.3 is 20.3 Å². The largest absolute Gasteiger partial charge is 0.465 e. The topological polar surface area (TPSA) is 70.7 Å². The first-order valence-corrected chi connectivity index (χ1v) is 7.65. The molecule has 1 aromatic rings. The third-order valence-corrected chi connectivity index (χ3v) is 4.21. The van der Waals surface area contributed by atoms with Gasteiger partial charge in [-0.05, 0) is 24.7 Å². The summed E-state index contributed by atoms with van der Waals surface area (Å²) in [5, 5.41) is 6.67. The average molecular weight is 341 g/mol. The van der Waals surface area contributed by atoms with Crippen molar-refractivity contribution < 1.29 is 14.3 Å². The Balaban J connectivity index is 3.21. The minimum atomic E-state index is -0.513. The second-order valence-corrected chi connectivity index (χ2v) is 6.00. The molecule has 0 atom stereocenters. The maximum Gasteiger partial charge on any atom is 0.341 e. The van der Waals surface area contributed by atoms with Crippen molar-refractivity contribution in [2.75, 3.05) is 33.1 Å². The summed E-state index contributed by atoms with van der Waals surface area (Å²) in [6, 6.07) is 0. The fraction of sp³-hybridized carbons (Fsp3) is 0.357. The normalized spacial score (nSPS) is 9.82. The zero-order valence-electron chi connectivity index (χ0n) is 13.0. The lowest BCUT2D eigenvalue weighted by Crippen LogP contribution is -2.28. The fourth-order valence-corrected chi connectivity index (χ4v) is 3.14. The maximum absolute atomic E-state index is 12.2. The molecule has 6 nitrogen and oxygen atoms in total. The Labute approximate surface area is 139 Å². The van der Waals surface area contributed by atoms with Gasteiger partial charge in [0.1, 0.15) is 5.00 Å². The number of esters is 1. The summed E-state index contributed by atoms with van der Waals surface area (Å²) >= 11 is 6.31. The highest BCUT2D eigenvalue weighted by molar-refractivity contribution is 7.80. The number of hydrogen-bond donors (Lipinski definition) is 2. The number of ether oxygens (including phenoxy) is 1. The Kier molecular flexibility index (Phi) is 6.51. The van der Waals surface area contributed by atoms with Gasteiger partial charge in [-0.2, -0.15) is 0 Å². The summed E-state index contributed by atoms with van der Waals surface area (Å²) in [4.78, 5) is 26.1. The molecular formula is C14H19N3O3S2. The van der Waals surface area contributed by atoms with Gasteiger partial charge in [-0.15, -0.1) is 17.9 Å². The molecule has 1 aromatic heterocycles. The molecule has 8 heteroatoms. The molecule has 1 heterocycles. The lowest BCUT2D eigenvalue weighted by atomic mass is 10.1. The molecule has 0 unspecified atom stereocenters. The fourth-order valence-electron chi connectivity index (χ4n) is 1.67. The molecule has 0 aromatic carbocycles. The van der Waals surface area contributed by atoms with Crippen LogP contribution in [0.5, 0.6) is 0 Å². The van der Waals surface area contributed by atoms with Crippen LogP contribution >= 0.6 is 23.6 Å². The molecule has 0 bridgehead atoms. The van der Waals surface area contributed by atoms with Crippen LogP contribution in [0.4, 0.5) is 5.00 Å². The van der Waals surface area contributed by atoms with Crippen LogP contribution in [0.1, 0.15) is 25.6 Å². The second kappa shape index (κ2) is 7.90. The number of methoxy groups -OCH3 is 1. The first kappa shape index (κ1) is 18.1. The molecule has 0 saturated heterocycles. The third-order valence-electron chi connectivity index (χ3n) is 2.77. The van der Waals surface area contributed by atoms with Crippen LogP contribution < -0.4 is 10.6 Å². The Morgan fingerprint density at radius 3 is 2.59 bits per heavy atom. The van der Waals surface area contributed by atoms with Gasteiger partial charge in [0.2, 0.25) is 0 Å². The van der Waals surface area contributed by atoms with E-state index in [0.717, 1.165) is 0 Å². The molecule has 22 heavy (non-hydrogen) atoms. The predicted molar refractivity (Wildman–Crippen MR) is 92.8 cm³/mol. The van der Waals surface area contributed by atoms with E-state index in [-0.39, 0.29) is 5.91 Å². The summed E-state index contributed by atoms with van der Waals surface area (Å²) < 4.78 is 4.80. The quantitative estimate of drug-likeness (QED) is 0.485. The number of hydrogen-bond acceptors (Lipinski definition) is 5. The maximum atomic E-state index is 12.2. The number of amides is 1. The number of nitrogens with zero attached hydrogens (tertiary/aromatic N) is 1. The highest BCUT2D eigenvalue weighted by Crippen LogP contribution is 2.34. The minimum absolute atomic E-state index is 0.175. The lowest BCUT2D eigenvalue weighted by Gasteiger charge is -2.09. The number of rotatable bonds is 5. The summed E-state index contributed by atoms with van der Waals surface area (Å²) in [5.74, 6) is -0.689. The van der Waals surface area contributed by atoms with Gasteiger partial charge in [0.05, 0.1) is 17.6 Å². The molecule has 0 saturated carbocycles. The molecule has 0 aliphatic carbocycles. The number of carbonyl (C=O) groups is 2. The number of thiophene rings is 1. The molecule has 0 aliphatic heterocycles. The predicted octanol–water partition coefficient (Wildman–Crippen LogP) is 2.02. The van der Waals surface area contributed by atoms with E-state index in [0.29, 0.717) is 32.7 Å². The number of thiocarbonyl (C=S) groups is 1. The Bertz CT molecular complexity index is 609. The summed E-state index contributed by atoms with van der Waals surface area (Å²) in [5.41, 5.74) is 0.894. The van der Waals surface area contributed by atoms with Crippen LogP contribution in [0.15, 0.2) is 12.7 Å². The van der Waals surface area contributed by atoms with E-state index in [9.17, 15) is 9.59 Å². The summed E-state index contributed by atoms with van der Waals surface area (Å²) in [7, 11) is 4.61. The molecule has 0 aliphatic rings. The highest BCUT2D eigenvalue weighted by Gasteiger charge is 2.26. The Hall–Kier alpha value is -1.93. The molecule has 0 spiro atoms. The number of carbonyl (C=O) groups excluding carboxylic acids is 2. The van der Waals surface area contributed by atoms with E-state index in [2.05, 4.69) is 17.2 Å². The monoisotopic (exact) mass is 341 g/mol. The lowest BCUT2D eigenvalue weighted by molar-refractivity contribution is 0.0601. The highest BCUT2D eigenvalue weighted by atomic mass is 32.1. The standard InChI is InChI=1S/C14H19N3O3S2/c1-6-7-15-14(21)16-11-9(13(19)20-5)8(2)10(22-11)12(18)17(3)4/h6H,1,7H2,2-5H3,(H2,15,16,21). The summed E-state index contributed by atoms with van der Waals surface area (Å²) in [6.07, 6.45) is 1.66. The van der Waals surface area contributed by atoms with Crippen molar-refractivity contribution in [3.8, 4) is 0 Å². The van der Waals surface area contributed by atoms with Crippen LogP contribution in [-0.4, -0.2) is 49.6 Å². The smallest absolute Gasteiger partial charge is 0.341 e. The van der Waals surface area contributed by atoms with E-state index in [1.54, 1.807) is 27.1 Å². The van der Waals surface area contributed by atoms with Gasteiger partial charge >= 0.3 is 5.97 Å². The zero-order chi connectivity index (χ0) is 16.9. The van der Waals surface area contributed by atoms with Crippen molar-refractivity contribution in [3.05, 3.63) is 28.7 Å². The van der Waals surface area contributed by atoms with Crippen molar-refractivity contribution in [3.63, 3.8) is 0 Å². The molecule has 1 amide bonds. The van der Waals surface area contributed by atoms with Crippen LogP contribution in [-0.2, 0) is 4.74 Å². The van der Waals surface area contributed by atoms with Gasteiger partial charge in [-0.3, -0.25) is 4.79 Å². The van der Waals surface area contributed by atoms with E-state index >= 15 is 0 Å². The van der Waals surface area contributed by atoms with Crippen molar-refractivity contribution in [2.24, 2.45) is 0 Å². The first-order chi connectivity index (χ1) is 10.3. The first-order valence-electron chi connectivity index (χ1n) is 6.42. The van der Waals surface area contributed by atoms with Gasteiger partial charge in [0, 0.05) is 20.6 Å². The molecule has 0 radical (unpaired) electrons. The van der Waals surface area contributed by atoms with E-state index < -0.39 is 5.97 Å². The Morgan fingerprint density at radius 1 is 1.45 bits per heavy atom. The molecule has 1 rings (SSSR count). The van der Waals surface area contributed by atoms with Gasteiger partial charge in [0.25, 0.3) is 5.91 Å². The van der Waals surface area contributed by atoms with Crippen LogP contribution in [0.2, 0.25) is 0 Å². The number of nitrogens with one attached hydrogen (secondary N) is 2. The van der Waals surface area contributed by atoms with Crippen molar-refractivity contribution in [2.45, 2.75) is 6.92 Å². The van der Waals surface area contributed by atoms with Crippen LogP contribution in [0.25, 0.3) is 0 Å².